The summed E-state index contributed by atoms with van der Waals surface area (Å²) in [7, 11) is 0. The van der Waals surface area contributed by atoms with Gasteiger partial charge in [-0.25, -0.2) is 4.79 Å². The van der Waals surface area contributed by atoms with Crippen molar-refractivity contribution in [2.75, 3.05) is 24.4 Å². The number of thioether (sulfide) groups is 1. The number of hydrogen-bond acceptors (Lipinski definition) is 8. The van der Waals surface area contributed by atoms with Crippen LogP contribution in [0.4, 0.5) is 0 Å². The Kier molecular flexibility index (Phi) is 13.7. The first-order valence-corrected chi connectivity index (χ1v) is 11.3. The van der Waals surface area contributed by atoms with Crippen molar-refractivity contribution in [2.24, 2.45) is 11.7 Å². The molecule has 7 N–H and O–H groups in total. The van der Waals surface area contributed by atoms with Crippen LogP contribution in [0.3, 0.4) is 0 Å². The fourth-order valence-corrected chi connectivity index (χ4v) is 3.00. The second-order valence-corrected chi connectivity index (χ2v) is 7.94. The number of carbonyl (C=O) groups excluding carboxylic acids is 3. The van der Waals surface area contributed by atoms with Crippen LogP contribution in [0, 0.1) is 5.92 Å². The minimum atomic E-state index is -1.19. The summed E-state index contributed by atoms with van der Waals surface area (Å²) in [5, 5.41) is 25.7. The lowest BCUT2D eigenvalue weighted by molar-refractivity contribution is -0.143. The molecule has 0 bridgehead atoms. The Morgan fingerprint density at radius 3 is 2.07 bits per heavy atom. The molecule has 168 valence electrons. The third kappa shape index (κ3) is 9.70. The first-order valence-electron chi connectivity index (χ1n) is 9.22. The van der Waals surface area contributed by atoms with Gasteiger partial charge in [0.1, 0.15) is 24.2 Å². The van der Waals surface area contributed by atoms with Crippen LogP contribution in [-0.2, 0) is 19.2 Å². The van der Waals surface area contributed by atoms with E-state index in [1.54, 1.807) is 6.92 Å². The van der Waals surface area contributed by atoms with Crippen molar-refractivity contribution in [3.8, 4) is 0 Å². The first-order chi connectivity index (χ1) is 13.6. The van der Waals surface area contributed by atoms with Crippen LogP contribution >= 0.6 is 24.4 Å². The number of thiol groups is 1. The van der Waals surface area contributed by atoms with Crippen molar-refractivity contribution in [2.45, 2.75) is 50.9 Å². The third-order valence-corrected chi connectivity index (χ3v) is 5.38. The Bertz CT molecular complexity index is 566. The monoisotopic (exact) mass is 452 g/mol. The Hall–Kier alpha value is -1.50. The number of aliphatic hydroxyl groups excluding tert-OH is 1. The number of hydrogen-bond donors (Lipinski definition) is 7. The van der Waals surface area contributed by atoms with Gasteiger partial charge in [-0.2, -0.15) is 24.4 Å². The van der Waals surface area contributed by atoms with Crippen LogP contribution < -0.4 is 21.7 Å². The van der Waals surface area contributed by atoms with E-state index in [1.165, 1.54) is 11.8 Å². The second kappa shape index (κ2) is 14.5. The molecule has 0 saturated heterocycles. The number of carbonyl (C=O) groups is 4. The van der Waals surface area contributed by atoms with Crippen molar-refractivity contribution in [1.82, 2.24) is 16.0 Å². The first kappa shape index (κ1) is 27.5. The number of nitrogens with one attached hydrogen (secondary N) is 3. The Labute approximate surface area is 180 Å². The maximum Gasteiger partial charge on any atom is 0.326 e. The van der Waals surface area contributed by atoms with Gasteiger partial charge in [-0.1, -0.05) is 20.3 Å². The van der Waals surface area contributed by atoms with Crippen LogP contribution in [0.2, 0.25) is 0 Å². The van der Waals surface area contributed by atoms with E-state index in [-0.39, 0.29) is 18.1 Å². The van der Waals surface area contributed by atoms with E-state index < -0.39 is 54.5 Å². The fraction of sp³-hybridized carbons (Fsp3) is 0.765. The smallest absolute Gasteiger partial charge is 0.326 e. The van der Waals surface area contributed by atoms with E-state index in [4.69, 9.17) is 10.8 Å². The van der Waals surface area contributed by atoms with E-state index in [0.717, 1.165) is 0 Å². The van der Waals surface area contributed by atoms with E-state index in [1.807, 2.05) is 13.2 Å². The summed E-state index contributed by atoms with van der Waals surface area (Å²) in [5.74, 6) is -2.95. The maximum absolute atomic E-state index is 12.6. The Balaban J connectivity index is 5.24. The lowest BCUT2D eigenvalue weighted by atomic mass is 9.98. The molecule has 0 aliphatic rings. The van der Waals surface area contributed by atoms with Crippen LogP contribution in [0.25, 0.3) is 0 Å². The number of nitrogens with two attached hydrogens (primary N) is 1. The molecular formula is C17H32N4O6S2. The fourth-order valence-electron chi connectivity index (χ4n) is 2.27. The van der Waals surface area contributed by atoms with Gasteiger partial charge < -0.3 is 31.9 Å². The van der Waals surface area contributed by atoms with E-state index >= 15 is 0 Å². The number of carboxylic acid groups (broad SMARTS) is 1. The molecule has 5 unspecified atom stereocenters. The predicted molar refractivity (Wildman–Crippen MR) is 115 cm³/mol. The summed E-state index contributed by atoms with van der Waals surface area (Å²) in [6.45, 7) is 2.94. The van der Waals surface area contributed by atoms with E-state index in [9.17, 15) is 24.3 Å². The minimum absolute atomic E-state index is 0.0583. The molecule has 0 fully saturated rings. The molecule has 0 aromatic rings. The number of rotatable bonds is 14. The molecule has 10 nitrogen and oxygen atoms in total. The summed E-state index contributed by atoms with van der Waals surface area (Å²) in [4.78, 5) is 48.5. The van der Waals surface area contributed by atoms with Gasteiger partial charge in [0.15, 0.2) is 0 Å². The van der Waals surface area contributed by atoms with E-state index in [2.05, 4.69) is 28.6 Å². The molecule has 12 heteroatoms. The lowest BCUT2D eigenvalue weighted by Crippen LogP contribution is -2.58. The molecule has 0 aliphatic carbocycles. The quantitative estimate of drug-likeness (QED) is 0.157. The standard InChI is InChI=1S/C17H32N4O6S2/c1-4-9(2)13(17(26)27)21-15(24)11(5-6-29-3)19-16(25)12(8-28)20-14(23)10(18)7-22/h9-13,22,28H,4-8,18H2,1-3H3,(H,19,25)(H,20,23)(H,21,24)(H,26,27). The SMILES string of the molecule is CCC(C)C(NC(=O)C(CCSC)NC(=O)C(CS)NC(=O)C(N)CO)C(=O)O. The van der Waals surface area contributed by atoms with Gasteiger partial charge in [0, 0.05) is 5.75 Å². The summed E-state index contributed by atoms with van der Waals surface area (Å²) in [6.07, 6.45) is 2.66. The van der Waals surface area contributed by atoms with Crippen LogP contribution in [0.1, 0.15) is 26.7 Å². The second-order valence-electron chi connectivity index (χ2n) is 6.59. The molecule has 5 atom stereocenters. The highest BCUT2D eigenvalue weighted by Gasteiger charge is 2.31. The molecular weight excluding hydrogens is 420 g/mol. The normalized spacial score (nSPS) is 16.1. The highest BCUT2D eigenvalue weighted by Crippen LogP contribution is 2.09. The summed E-state index contributed by atoms with van der Waals surface area (Å²) in [5.41, 5.74) is 5.42. The highest BCUT2D eigenvalue weighted by molar-refractivity contribution is 7.98. The van der Waals surface area contributed by atoms with Gasteiger partial charge >= 0.3 is 5.97 Å². The molecule has 0 rings (SSSR count). The summed E-state index contributed by atoms with van der Waals surface area (Å²) < 4.78 is 0. The lowest BCUT2D eigenvalue weighted by Gasteiger charge is -2.26. The zero-order chi connectivity index (χ0) is 22.6. The number of aliphatic hydroxyl groups is 1. The Morgan fingerprint density at radius 1 is 1.07 bits per heavy atom. The van der Waals surface area contributed by atoms with Gasteiger partial charge in [0.2, 0.25) is 17.7 Å². The molecule has 0 saturated carbocycles. The van der Waals surface area contributed by atoms with Gasteiger partial charge in [0.25, 0.3) is 0 Å². The van der Waals surface area contributed by atoms with Crippen molar-refractivity contribution < 1.29 is 29.4 Å². The molecule has 0 heterocycles. The average molecular weight is 453 g/mol. The molecule has 0 aromatic heterocycles. The van der Waals surface area contributed by atoms with Crippen LogP contribution in [0.5, 0.6) is 0 Å². The van der Waals surface area contributed by atoms with E-state index in [0.29, 0.717) is 12.2 Å². The van der Waals surface area contributed by atoms with Gasteiger partial charge in [-0.3, -0.25) is 14.4 Å². The summed E-state index contributed by atoms with van der Waals surface area (Å²) in [6, 6.07) is -4.32. The summed E-state index contributed by atoms with van der Waals surface area (Å²) >= 11 is 5.50. The van der Waals surface area contributed by atoms with Gasteiger partial charge in [-0.05, 0) is 24.3 Å². The molecule has 0 radical (unpaired) electrons. The van der Waals surface area contributed by atoms with Crippen molar-refractivity contribution in [1.29, 1.82) is 0 Å². The minimum Gasteiger partial charge on any atom is -0.480 e. The van der Waals surface area contributed by atoms with Crippen molar-refractivity contribution >= 4 is 48.1 Å². The Morgan fingerprint density at radius 2 is 1.62 bits per heavy atom. The zero-order valence-corrected chi connectivity index (χ0v) is 18.6. The molecule has 0 aliphatic heterocycles. The van der Waals surface area contributed by atoms with Crippen molar-refractivity contribution in [3.05, 3.63) is 0 Å². The third-order valence-electron chi connectivity index (χ3n) is 4.37. The molecule has 0 spiro atoms. The van der Waals surface area contributed by atoms with Crippen LogP contribution in [-0.4, -0.2) is 82.4 Å². The van der Waals surface area contributed by atoms with Crippen molar-refractivity contribution in [3.63, 3.8) is 0 Å². The van der Waals surface area contributed by atoms with Gasteiger partial charge in [-0.15, -0.1) is 0 Å². The largest absolute Gasteiger partial charge is 0.480 e. The topological polar surface area (TPSA) is 171 Å². The molecule has 3 amide bonds. The predicted octanol–water partition coefficient (Wildman–Crippen LogP) is -1.43. The molecule has 29 heavy (non-hydrogen) atoms. The highest BCUT2D eigenvalue weighted by atomic mass is 32.2. The number of aliphatic carboxylic acids is 1. The van der Waals surface area contributed by atoms with Crippen LogP contribution in [0.15, 0.2) is 0 Å². The zero-order valence-electron chi connectivity index (χ0n) is 16.9. The molecule has 0 aromatic carbocycles. The average Bonchev–Trinajstić information content (AvgIpc) is 2.70. The maximum atomic E-state index is 12.6. The number of amides is 3. The number of carboxylic acids is 1. The van der Waals surface area contributed by atoms with Gasteiger partial charge in [0.05, 0.1) is 6.61 Å².